The van der Waals surface area contributed by atoms with Crippen LogP contribution in [0.4, 0.5) is 4.39 Å². The summed E-state index contributed by atoms with van der Waals surface area (Å²) in [5, 5.41) is 3.89. The minimum Gasteiger partial charge on any atom is -0.356 e. The fourth-order valence-corrected chi connectivity index (χ4v) is 2.36. The zero-order valence-electron chi connectivity index (χ0n) is 10.6. The lowest BCUT2D eigenvalue weighted by Crippen LogP contribution is -2.30. The van der Waals surface area contributed by atoms with E-state index in [2.05, 4.69) is 28.2 Å². The normalized spacial score (nSPS) is 12.2. The summed E-state index contributed by atoms with van der Waals surface area (Å²) in [5.41, 5.74) is 0.836. The molecule has 0 spiro atoms. The molecule has 1 unspecified atom stereocenters. The van der Waals surface area contributed by atoms with Crippen LogP contribution in [0.25, 0.3) is 0 Å². The molecule has 0 fully saturated rings. The molecule has 0 aliphatic rings. The number of alkyl halides is 1. The number of nitrogens with one attached hydrogen (secondary N) is 1. The van der Waals surface area contributed by atoms with Gasteiger partial charge in [0.05, 0.1) is 6.42 Å². The van der Waals surface area contributed by atoms with Crippen LogP contribution in [0.2, 0.25) is 0 Å². The van der Waals surface area contributed by atoms with Crippen molar-refractivity contribution in [2.45, 2.75) is 26.2 Å². The Balaban J connectivity index is 2.35. The quantitative estimate of drug-likeness (QED) is 0.769. The zero-order chi connectivity index (χ0) is 13.4. The first-order valence-electron chi connectivity index (χ1n) is 6.22. The fourth-order valence-electron chi connectivity index (χ4n) is 1.71. The number of hydrogen-bond acceptors (Lipinski definition) is 1. The van der Waals surface area contributed by atoms with E-state index in [0.717, 1.165) is 23.7 Å². The van der Waals surface area contributed by atoms with Crippen LogP contribution in [0.15, 0.2) is 24.3 Å². The molecule has 1 rings (SSSR count). The summed E-state index contributed by atoms with van der Waals surface area (Å²) in [7, 11) is 0. The molecule has 0 aliphatic carbocycles. The molecule has 4 heteroatoms. The lowest BCUT2D eigenvalue weighted by molar-refractivity contribution is -0.120. The Morgan fingerprint density at radius 3 is 2.61 bits per heavy atom. The second-order valence-electron chi connectivity index (χ2n) is 4.36. The second-order valence-corrected chi connectivity index (χ2v) is 5.15. The number of benzene rings is 1. The molecule has 0 bridgehead atoms. The van der Waals surface area contributed by atoms with E-state index in [1.807, 2.05) is 0 Å². The molecule has 1 aromatic carbocycles. The van der Waals surface area contributed by atoms with Gasteiger partial charge in [0.2, 0.25) is 5.91 Å². The van der Waals surface area contributed by atoms with E-state index >= 15 is 0 Å². The Bertz CT molecular complexity index is 367. The molecule has 0 radical (unpaired) electrons. The van der Waals surface area contributed by atoms with Crippen LogP contribution in [0.5, 0.6) is 0 Å². The Hall–Kier alpha value is -0.900. The molecule has 0 aromatic heterocycles. The molecule has 1 aromatic rings. The van der Waals surface area contributed by atoms with Crippen molar-refractivity contribution < 1.29 is 9.18 Å². The monoisotopic (exact) mass is 315 g/mol. The molecule has 18 heavy (non-hydrogen) atoms. The van der Waals surface area contributed by atoms with E-state index in [-0.39, 0.29) is 11.7 Å². The predicted molar refractivity (Wildman–Crippen MR) is 75.3 cm³/mol. The summed E-state index contributed by atoms with van der Waals surface area (Å²) in [4.78, 5) is 11.7. The molecule has 100 valence electrons. The van der Waals surface area contributed by atoms with E-state index in [1.165, 1.54) is 12.1 Å². The first-order valence-corrected chi connectivity index (χ1v) is 7.35. The molecule has 2 nitrogen and oxygen atoms in total. The lowest BCUT2D eigenvalue weighted by atomic mass is 10.0. The highest BCUT2D eigenvalue weighted by Gasteiger charge is 2.08. The van der Waals surface area contributed by atoms with E-state index in [4.69, 9.17) is 0 Å². The van der Waals surface area contributed by atoms with Crippen LogP contribution in [-0.4, -0.2) is 17.8 Å². The highest BCUT2D eigenvalue weighted by molar-refractivity contribution is 9.09. The van der Waals surface area contributed by atoms with Gasteiger partial charge < -0.3 is 5.32 Å². The van der Waals surface area contributed by atoms with Crippen LogP contribution < -0.4 is 5.32 Å². The van der Waals surface area contributed by atoms with Crippen molar-refractivity contribution in [3.63, 3.8) is 0 Å². The van der Waals surface area contributed by atoms with Crippen LogP contribution in [0, 0.1) is 11.7 Å². The van der Waals surface area contributed by atoms with Gasteiger partial charge in [-0.2, -0.15) is 0 Å². The smallest absolute Gasteiger partial charge is 0.224 e. The van der Waals surface area contributed by atoms with Crippen molar-refractivity contribution in [3.8, 4) is 0 Å². The number of halogens is 2. The average molecular weight is 316 g/mol. The van der Waals surface area contributed by atoms with Gasteiger partial charge in [-0.15, -0.1) is 0 Å². The first kappa shape index (κ1) is 15.2. The summed E-state index contributed by atoms with van der Waals surface area (Å²) in [6.07, 6.45) is 2.43. The lowest BCUT2D eigenvalue weighted by Gasteiger charge is -2.14. The Morgan fingerprint density at radius 2 is 2.06 bits per heavy atom. The van der Waals surface area contributed by atoms with Gasteiger partial charge in [-0.25, -0.2) is 4.39 Å². The standard InChI is InChI=1S/C14H19BrFNO/c1-2-11(7-8-15)10-17-14(18)9-12-3-5-13(16)6-4-12/h3-6,11H,2,7-10H2,1H3,(H,17,18). The van der Waals surface area contributed by atoms with Crippen molar-refractivity contribution in [1.29, 1.82) is 0 Å². The van der Waals surface area contributed by atoms with Crippen molar-refractivity contribution in [3.05, 3.63) is 35.6 Å². The Kier molecular flexibility index (Phi) is 6.94. The number of rotatable bonds is 7. The zero-order valence-corrected chi connectivity index (χ0v) is 12.2. The van der Waals surface area contributed by atoms with Gasteiger partial charge in [-0.1, -0.05) is 41.4 Å². The Labute approximate surface area is 116 Å². The molecule has 0 saturated heterocycles. The first-order chi connectivity index (χ1) is 8.65. The van der Waals surface area contributed by atoms with Crippen LogP contribution in [0.1, 0.15) is 25.3 Å². The van der Waals surface area contributed by atoms with E-state index < -0.39 is 0 Å². The molecule has 1 atom stereocenters. The number of hydrogen-bond donors (Lipinski definition) is 1. The van der Waals surface area contributed by atoms with Crippen molar-refractivity contribution in [1.82, 2.24) is 5.32 Å². The predicted octanol–water partition coefficient (Wildman–Crippen LogP) is 3.30. The molecule has 1 N–H and O–H groups in total. The van der Waals surface area contributed by atoms with Crippen molar-refractivity contribution >= 4 is 21.8 Å². The highest BCUT2D eigenvalue weighted by atomic mass is 79.9. The molecule has 0 saturated carbocycles. The maximum atomic E-state index is 12.7. The van der Waals surface area contributed by atoms with Crippen LogP contribution in [-0.2, 0) is 11.2 Å². The summed E-state index contributed by atoms with van der Waals surface area (Å²) in [6, 6.07) is 6.04. The summed E-state index contributed by atoms with van der Waals surface area (Å²) >= 11 is 3.41. The van der Waals surface area contributed by atoms with Gasteiger partial charge in [-0.3, -0.25) is 4.79 Å². The number of carbonyl (C=O) groups excluding carboxylic acids is 1. The fraction of sp³-hybridized carbons (Fsp3) is 0.500. The molecule has 0 heterocycles. The third-order valence-electron chi connectivity index (χ3n) is 2.96. The van der Waals surface area contributed by atoms with Crippen LogP contribution in [0.3, 0.4) is 0 Å². The van der Waals surface area contributed by atoms with Gasteiger partial charge in [0, 0.05) is 11.9 Å². The Morgan fingerprint density at radius 1 is 1.39 bits per heavy atom. The minimum atomic E-state index is -0.275. The van der Waals surface area contributed by atoms with E-state index in [9.17, 15) is 9.18 Å². The SMILES string of the molecule is CCC(CCBr)CNC(=O)Cc1ccc(F)cc1. The number of amides is 1. The van der Waals surface area contributed by atoms with Crippen molar-refractivity contribution in [2.75, 3.05) is 11.9 Å². The van der Waals surface area contributed by atoms with Crippen LogP contribution >= 0.6 is 15.9 Å². The van der Waals surface area contributed by atoms with Crippen molar-refractivity contribution in [2.24, 2.45) is 5.92 Å². The van der Waals surface area contributed by atoms with Gasteiger partial charge in [0.1, 0.15) is 5.82 Å². The summed E-state index contributed by atoms with van der Waals surface area (Å²) in [5.74, 6) is 0.235. The average Bonchev–Trinajstić information content (AvgIpc) is 2.37. The summed E-state index contributed by atoms with van der Waals surface area (Å²) < 4.78 is 12.7. The topological polar surface area (TPSA) is 29.1 Å². The molecule has 1 amide bonds. The molecular formula is C14H19BrFNO. The van der Waals surface area contributed by atoms with Gasteiger partial charge in [-0.05, 0) is 30.0 Å². The maximum absolute atomic E-state index is 12.7. The summed E-state index contributed by atoms with van der Waals surface area (Å²) in [6.45, 7) is 2.83. The van der Waals surface area contributed by atoms with Gasteiger partial charge in [0.25, 0.3) is 0 Å². The second kappa shape index (κ2) is 8.25. The third-order valence-corrected chi connectivity index (χ3v) is 3.42. The van der Waals surface area contributed by atoms with Gasteiger partial charge >= 0.3 is 0 Å². The maximum Gasteiger partial charge on any atom is 0.224 e. The largest absolute Gasteiger partial charge is 0.356 e. The molecular weight excluding hydrogens is 297 g/mol. The number of carbonyl (C=O) groups is 1. The highest BCUT2D eigenvalue weighted by Crippen LogP contribution is 2.09. The van der Waals surface area contributed by atoms with Gasteiger partial charge in [0.15, 0.2) is 0 Å². The minimum absolute atomic E-state index is 0.00497. The molecule has 0 aliphatic heterocycles. The van der Waals surface area contributed by atoms with E-state index in [0.29, 0.717) is 18.9 Å². The third kappa shape index (κ3) is 5.63. The van der Waals surface area contributed by atoms with E-state index in [1.54, 1.807) is 12.1 Å².